The molecule has 0 radical (unpaired) electrons. The van der Waals surface area contributed by atoms with Crippen molar-refractivity contribution in [1.82, 2.24) is 19.5 Å². The number of carboxylic acids is 2. The van der Waals surface area contributed by atoms with E-state index in [1.165, 1.54) is 30.0 Å². The quantitative estimate of drug-likeness (QED) is 0.134. The Kier molecular flexibility index (Phi) is 6.87. The van der Waals surface area contributed by atoms with Crippen LogP contribution in [0.1, 0.15) is 29.3 Å². The SMILES string of the molecule is C#C[C@@]1(O)[C@@H](COC(Cc2ccccc2)(C(=O)O)C(=O)O)O[C@@H](n2cnc3c(N)nc(C(C)=O)nc32)[C@@H]1O. The minimum atomic E-state index is -2.76. The molecule has 3 heterocycles. The van der Waals surface area contributed by atoms with Crippen molar-refractivity contribution in [3.63, 3.8) is 0 Å². The number of carboxylic acid groups (broad SMARTS) is 2. The number of benzene rings is 1. The van der Waals surface area contributed by atoms with Crippen LogP contribution in [0.15, 0.2) is 36.7 Å². The predicted octanol–water partition coefficient (Wildman–Crippen LogP) is -0.599. The molecule has 0 aliphatic carbocycles. The molecule has 1 aliphatic heterocycles. The Bertz CT molecular complexity index is 1440. The number of aliphatic carboxylic acids is 2. The first-order chi connectivity index (χ1) is 17.9. The lowest BCUT2D eigenvalue weighted by Crippen LogP contribution is -2.55. The van der Waals surface area contributed by atoms with Crippen molar-refractivity contribution in [2.45, 2.75) is 43.0 Å². The molecule has 14 nitrogen and oxygen atoms in total. The second-order valence-corrected chi connectivity index (χ2v) is 8.65. The van der Waals surface area contributed by atoms with Crippen LogP contribution in [0.3, 0.4) is 0 Å². The summed E-state index contributed by atoms with van der Waals surface area (Å²) in [6, 6.07) is 7.93. The lowest BCUT2D eigenvalue weighted by molar-refractivity contribution is -0.191. The zero-order chi connectivity index (χ0) is 27.8. The number of rotatable bonds is 9. The number of hydrogen-bond acceptors (Lipinski definition) is 11. The Morgan fingerprint density at radius 2 is 1.89 bits per heavy atom. The molecule has 0 amide bonds. The summed E-state index contributed by atoms with van der Waals surface area (Å²) in [5, 5.41) is 41.7. The van der Waals surface area contributed by atoms with Crippen molar-refractivity contribution in [2.24, 2.45) is 0 Å². The number of aromatic nitrogens is 4. The Morgan fingerprint density at radius 3 is 2.47 bits per heavy atom. The lowest BCUT2D eigenvalue weighted by atomic mass is 9.92. The van der Waals surface area contributed by atoms with Gasteiger partial charge in [-0.05, 0) is 5.56 Å². The molecular weight excluding hydrogens is 502 g/mol. The van der Waals surface area contributed by atoms with Crippen LogP contribution in [-0.2, 0) is 25.5 Å². The fourth-order valence-electron chi connectivity index (χ4n) is 4.12. The summed E-state index contributed by atoms with van der Waals surface area (Å²) in [5.41, 5.74) is 1.09. The second-order valence-electron chi connectivity index (χ2n) is 8.65. The predicted molar refractivity (Wildman–Crippen MR) is 128 cm³/mol. The van der Waals surface area contributed by atoms with E-state index in [1.807, 2.05) is 5.92 Å². The van der Waals surface area contributed by atoms with Gasteiger partial charge in [0, 0.05) is 13.3 Å². The van der Waals surface area contributed by atoms with Gasteiger partial charge in [-0.2, -0.15) is 0 Å². The highest BCUT2D eigenvalue weighted by molar-refractivity contribution is 6.02. The van der Waals surface area contributed by atoms with E-state index in [0.29, 0.717) is 5.56 Å². The first-order valence-corrected chi connectivity index (χ1v) is 11.1. The van der Waals surface area contributed by atoms with E-state index in [0.717, 1.165) is 0 Å². The third kappa shape index (κ3) is 4.33. The maximum absolute atomic E-state index is 12.1. The lowest BCUT2D eigenvalue weighted by Gasteiger charge is -2.30. The van der Waals surface area contributed by atoms with Gasteiger partial charge in [-0.1, -0.05) is 36.3 Å². The summed E-state index contributed by atoms with van der Waals surface area (Å²) >= 11 is 0. The summed E-state index contributed by atoms with van der Waals surface area (Å²) in [5.74, 6) is -2.41. The number of aliphatic hydroxyl groups excluding tert-OH is 1. The fourth-order valence-corrected chi connectivity index (χ4v) is 4.12. The number of terminal acetylenes is 1. The van der Waals surface area contributed by atoms with Crippen molar-refractivity contribution >= 4 is 34.7 Å². The van der Waals surface area contributed by atoms with Crippen LogP contribution in [0.4, 0.5) is 5.82 Å². The van der Waals surface area contributed by atoms with Gasteiger partial charge in [0.2, 0.25) is 0 Å². The van der Waals surface area contributed by atoms with Gasteiger partial charge in [-0.15, -0.1) is 6.42 Å². The van der Waals surface area contributed by atoms with Crippen molar-refractivity contribution in [3.8, 4) is 12.3 Å². The standard InChI is InChI=1S/C24H23N5O9/c1-3-23(36)14(10-37-24(21(32)33,22(34)35)9-13-7-5-4-6-8-13)38-20(16(23)31)29-11-26-15-17(25)27-18(12(2)30)28-19(15)29/h1,4-8,11,14,16,20,31,36H,9-10H2,2H3,(H,32,33)(H,34,35)(H2,25,27,28)/t14-,16+,20-,23-/m1/s1. The van der Waals surface area contributed by atoms with Gasteiger partial charge in [0.25, 0.3) is 5.60 Å². The number of nitrogens with two attached hydrogens (primary N) is 1. The molecule has 14 heteroatoms. The first-order valence-electron chi connectivity index (χ1n) is 11.1. The minimum absolute atomic E-state index is 0.0119. The van der Waals surface area contributed by atoms with E-state index in [2.05, 4.69) is 15.0 Å². The molecule has 6 N–H and O–H groups in total. The topological polar surface area (TPSA) is 220 Å². The molecule has 0 unspecified atom stereocenters. The number of fused-ring (bicyclic) bond motifs is 1. The van der Waals surface area contributed by atoms with E-state index in [4.69, 9.17) is 21.6 Å². The third-order valence-electron chi connectivity index (χ3n) is 6.25. The Hall–Kier alpha value is -4.42. The molecule has 1 saturated heterocycles. The highest BCUT2D eigenvalue weighted by Crippen LogP contribution is 2.39. The molecule has 4 atom stereocenters. The average molecular weight is 525 g/mol. The third-order valence-corrected chi connectivity index (χ3v) is 6.25. The Labute approximate surface area is 214 Å². The molecule has 198 valence electrons. The van der Waals surface area contributed by atoms with Crippen LogP contribution in [0.2, 0.25) is 0 Å². The number of nitrogens with zero attached hydrogens (tertiary/aromatic N) is 4. The van der Waals surface area contributed by atoms with Crippen LogP contribution < -0.4 is 5.73 Å². The van der Waals surface area contributed by atoms with E-state index < -0.39 is 60.4 Å². The fraction of sp³-hybridized carbons (Fsp3) is 0.333. The van der Waals surface area contributed by atoms with Gasteiger partial charge in [0.05, 0.1) is 12.9 Å². The number of carbonyl (C=O) groups excluding carboxylic acids is 1. The molecule has 0 bridgehead atoms. The van der Waals surface area contributed by atoms with E-state index in [9.17, 15) is 34.8 Å². The van der Waals surface area contributed by atoms with Crippen LogP contribution in [0, 0.1) is 12.3 Å². The van der Waals surface area contributed by atoms with E-state index >= 15 is 0 Å². The highest BCUT2D eigenvalue weighted by atomic mass is 16.6. The summed E-state index contributed by atoms with van der Waals surface area (Å²) in [4.78, 5) is 48.1. The van der Waals surface area contributed by atoms with Crippen molar-refractivity contribution < 1.29 is 44.3 Å². The van der Waals surface area contributed by atoms with Crippen LogP contribution in [0.5, 0.6) is 0 Å². The number of ketones is 1. The first kappa shape index (κ1) is 26.6. The molecule has 1 aromatic carbocycles. The summed E-state index contributed by atoms with van der Waals surface area (Å²) in [6.07, 6.45) is 1.23. The van der Waals surface area contributed by atoms with Gasteiger partial charge in [0.15, 0.2) is 34.9 Å². The van der Waals surface area contributed by atoms with Crippen molar-refractivity contribution in [3.05, 3.63) is 48.0 Å². The number of nitrogen functional groups attached to an aromatic ring is 1. The maximum Gasteiger partial charge on any atom is 0.348 e. The molecule has 38 heavy (non-hydrogen) atoms. The highest BCUT2D eigenvalue weighted by Gasteiger charge is 2.57. The van der Waals surface area contributed by atoms with Crippen LogP contribution in [0.25, 0.3) is 11.2 Å². The molecular formula is C24H23N5O9. The van der Waals surface area contributed by atoms with Gasteiger partial charge < -0.3 is 35.6 Å². The number of Topliss-reactive ketones (excluding diaryl/α,β-unsaturated/α-hetero) is 1. The smallest absolute Gasteiger partial charge is 0.348 e. The molecule has 1 aliphatic rings. The minimum Gasteiger partial charge on any atom is -0.479 e. The van der Waals surface area contributed by atoms with E-state index in [1.54, 1.807) is 18.2 Å². The maximum atomic E-state index is 12.1. The van der Waals surface area contributed by atoms with Gasteiger partial charge in [-0.3, -0.25) is 9.36 Å². The van der Waals surface area contributed by atoms with Crippen molar-refractivity contribution in [1.29, 1.82) is 0 Å². The van der Waals surface area contributed by atoms with Crippen LogP contribution in [-0.4, -0.2) is 87.7 Å². The summed E-state index contributed by atoms with van der Waals surface area (Å²) in [6.45, 7) is 0.390. The molecule has 4 rings (SSSR count). The Balaban J connectivity index is 1.67. The van der Waals surface area contributed by atoms with Gasteiger partial charge in [-0.25, -0.2) is 24.5 Å². The average Bonchev–Trinajstić information content (AvgIpc) is 3.41. The number of anilines is 1. The molecule has 0 saturated carbocycles. The Morgan fingerprint density at radius 1 is 1.24 bits per heavy atom. The zero-order valence-electron chi connectivity index (χ0n) is 19.9. The van der Waals surface area contributed by atoms with E-state index in [-0.39, 0.29) is 22.8 Å². The van der Waals surface area contributed by atoms with Crippen molar-refractivity contribution in [2.75, 3.05) is 12.3 Å². The normalized spacial score (nSPS) is 23.3. The number of aliphatic hydroxyl groups is 2. The monoisotopic (exact) mass is 525 g/mol. The largest absolute Gasteiger partial charge is 0.479 e. The molecule has 3 aromatic rings. The zero-order valence-corrected chi connectivity index (χ0v) is 19.9. The molecule has 2 aromatic heterocycles. The number of imidazole rings is 1. The number of ether oxygens (including phenoxy) is 2. The van der Waals surface area contributed by atoms with Gasteiger partial charge >= 0.3 is 11.9 Å². The summed E-state index contributed by atoms with van der Waals surface area (Å²) < 4.78 is 12.3. The summed E-state index contributed by atoms with van der Waals surface area (Å²) in [7, 11) is 0. The molecule has 0 spiro atoms. The number of carbonyl (C=O) groups is 3. The number of hydrogen-bond donors (Lipinski definition) is 5. The van der Waals surface area contributed by atoms with Crippen LogP contribution >= 0.6 is 0 Å². The second kappa shape index (κ2) is 9.80. The molecule has 1 fully saturated rings. The van der Waals surface area contributed by atoms with Gasteiger partial charge in [0.1, 0.15) is 17.7 Å².